The maximum atomic E-state index is 12.9. The first-order valence-electron chi connectivity index (χ1n) is 11.9. The van der Waals surface area contributed by atoms with Crippen molar-refractivity contribution >= 4 is 54.1 Å². The van der Waals surface area contributed by atoms with Crippen LogP contribution in [-0.4, -0.2) is 80.9 Å². The van der Waals surface area contributed by atoms with E-state index in [9.17, 15) is 9.59 Å². The molecule has 212 valence electrons. The molecule has 0 spiro atoms. The SMILES string of the molecule is CCOC(=O)c1ccc(CNCCN2CCC(NC(=O)c3cc(Cl)c(N)nc3OC)C(OC)C2)cc1.Cl.Cl. The number of carbonyl (C=O) groups excluding carboxylic acids is 2. The van der Waals surface area contributed by atoms with E-state index >= 15 is 0 Å². The fraction of sp³-hybridized carbons (Fsp3) is 0.480. The first-order valence-corrected chi connectivity index (χ1v) is 12.3. The summed E-state index contributed by atoms with van der Waals surface area (Å²) >= 11 is 6.06. The van der Waals surface area contributed by atoms with Crippen LogP contribution in [0.5, 0.6) is 5.88 Å². The van der Waals surface area contributed by atoms with E-state index in [1.165, 1.54) is 13.2 Å². The van der Waals surface area contributed by atoms with Crippen LogP contribution in [0.3, 0.4) is 0 Å². The van der Waals surface area contributed by atoms with Crippen molar-refractivity contribution in [1.82, 2.24) is 20.5 Å². The highest BCUT2D eigenvalue weighted by atomic mass is 35.5. The molecule has 0 aliphatic carbocycles. The molecule has 10 nitrogen and oxygen atoms in total. The summed E-state index contributed by atoms with van der Waals surface area (Å²) in [6.07, 6.45) is 0.569. The third kappa shape index (κ3) is 9.14. The minimum absolute atomic E-state index is 0. The number of ether oxygens (including phenoxy) is 3. The van der Waals surface area contributed by atoms with Gasteiger partial charge >= 0.3 is 5.97 Å². The lowest BCUT2D eigenvalue weighted by atomic mass is 10.0. The van der Waals surface area contributed by atoms with E-state index in [0.717, 1.165) is 31.6 Å². The molecule has 2 unspecified atom stereocenters. The number of rotatable bonds is 11. The van der Waals surface area contributed by atoms with Crippen molar-refractivity contribution in [3.8, 4) is 5.88 Å². The molecule has 2 aromatic rings. The number of hydrogen-bond acceptors (Lipinski definition) is 9. The lowest BCUT2D eigenvalue weighted by molar-refractivity contribution is 0.00676. The number of aromatic nitrogens is 1. The van der Waals surface area contributed by atoms with Crippen LogP contribution in [0, 0.1) is 0 Å². The second-order valence-corrected chi connectivity index (χ2v) is 8.86. The minimum Gasteiger partial charge on any atom is -0.480 e. The Morgan fingerprint density at radius 2 is 1.92 bits per heavy atom. The van der Waals surface area contributed by atoms with Gasteiger partial charge in [-0.3, -0.25) is 9.69 Å². The second kappa shape index (κ2) is 16.6. The number of nitrogens with two attached hydrogens (primary N) is 1. The number of methoxy groups -OCH3 is 2. The van der Waals surface area contributed by atoms with Gasteiger partial charge in [-0.05, 0) is 37.1 Å². The smallest absolute Gasteiger partial charge is 0.338 e. The normalized spacial score (nSPS) is 17.1. The molecule has 0 radical (unpaired) electrons. The maximum Gasteiger partial charge on any atom is 0.338 e. The van der Waals surface area contributed by atoms with Crippen molar-refractivity contribution < 1.29 is 23.8 Å². The highest BCUT2D eigenvalue weighted by molar-refractivity contribution is 6.33. The number of nitrogens with zero attached hydrogens (tertiary/aromatic N) is 2. The quantitative estimate of drug-likeness (QED) is 0.266. The standard InChI is InChI=1S/C25H34ClN5O5.2ClH/c1-4-36-25(33)17-7-5-16(6-8-17)14-28-10-12-31-11-9-20(21(15-31)34-2)29-23(32)18-13-19(26)22(27)30-24(18)35-3;;/h5-8,13,20-21,28H,4,9-12,14-15H2,1-3H3,(H2,27,30)(H,29,32);2*1H. The Bertz CT molecular complexity index is 1040. The van der Waals surface area contributed by atoms with Crippen LogP contribution in [0.25, 0.3) is 0 Å². The van der Waals surface area contributed by atoms with Gasteiger partial charge < -0.3 is 30.6 Å². The molecule has 1 aromatic heterocycles. The Labute approximate surface area is 240 Å². The van der Waals surface area contributed by atoms with E-state index < -0.39 is 0 Å². The Hall–Kier alpha value is -2.34. The number of benzene rings is 1. The molecule has 1 aromatic carbocycles. The molecule has 1 amide bonds. The third-order valence-corrected chi connectivity index (χ3v) is 6.37. The summed E-state index contributed by atoms with van der Waals surface area (Å²) in [5.41, 5.74) is 7.59. The average molecular weight is 593 g/mol. The predicted octanol–water partition coefficient (Wildman–Crippen LogP) is 2.96. The van der Waals surface area contributed by atoms with Crippen molar-refractivity contribution in [2.24, 2.45) is 0 Å². The van der Waals surface area contributed by atoms with E-state index in [-0.39, 0.29) is 71.1 Å². The number of carbonyl (C=O) groups is 2. The number of nitrogen functional groups attached to an aromatic ring is 1. The summed E-state index contributed by atoms with van der Waals surface area (Å²) in [6.45, 7) is 5.99. The number of likely N-dealkylation sites (tertiary alicyclic amines) is 1. The number of amides is 1. The monoisotopic (exact) mass is 591 g/mol. The van der Waals surface area contributed by atoms with Gasteiger partial charge in [-0.25, -0.2) is 4.79 Å². The van der Waals surface area contributed by atoms with Gasteiger partial charge in [0.25, 0.3) is 5.91 Å². The maximum absolute atomic E-state index is 12.9. The zero-order valence-electron chi connectivity index (χ0n) is 21.7. The number of halogens is 3. The van der Waals surface area contributed by atoms with Gasteiger partial charge in [-0.15, -0.1) is 24.8 Å². The number of esters is 1. The summed E-state index contributed by atoms with van der Waals surface area (Å²) in [7, 11) is 3.07. The molecule has 2 heterocycles. The van der Waals surface area contributed by atoms with Crippen LogP contribution in [0.15, 0.2) is 30.3 Å². The molecule has 1 saturated heterocycles. The van der Waals surface area contributed by atoms with Crippen LogP contribution in [0.2, 0.25) is 5.02 Å². The van der Waals surface area contributed by atoms with Crippen molar-refractivity contribution in [2.45, 2.75) is 32.0 Å². The van der Waals surface area contributed by atoms with Crippen LogP contribution in [0.4, 0.5) is 5.82 Å². The van der Waals surface area contributed by atoms with Crippen molar-refractivity contribution in [3.05, 3.63) is 52.0 Å². The van der Waals surface area contributed by atoms with E-state index in [1.54, 1.807) is 26.2 Å². The molecule has 0 bridgehead atoms. The number of piperidine rings is 1. The predicted molar refractivity (Wildman–Crippen MR) is 152 cm³/mol. The first-order chi connectivity index (χ1) is 17.4. The highest BCUT2D eigenvalue weighted by Gasteiger charge is 2.31. The zero-order valence-corrected chi connectivity index (χ0v) is 24.1. The van der Waals surface area contributed by atoms with E-state index in [4.69, 9.17) is 31.5 Å². The number of nitrogens with one attached hydrogen (secondary N) is 2. The fourth-order valence-electron chi connectivity index (χ4n) is 4.08. The largest absolute Gasteiger partial charge is 0.480 e. The van der Waals surface area contributed by atoms with Gasteiger partial charge in [0.15, 0.2) is 0 Å². The number of anilines is 1. The lowest BCUT2D eigenvalue weighted by Crippen LogP contribution is -2.55. The zero-order chi connectivity index (χ0) is 26.1. The van der Waals surface area contributed by atoms with Crippen LogP contribution >= 0.6 is 36.4 Å². The number of hydrogen-bond donors (Lipinski definition) is 3. The fourth-order valence-corrected chi connectivity index (χ4v) is 4.23. The summed E-state index contributed by atoms with van der Waals surface area (Å²) < 4.78 is 15.9. The summed E-state index contributed by atoms with van der Waals surface area (Å²) in [5, 5.41) is 6.66. The van der Waals surface area contributed by atoms with E-state index in [0.29, 0.717) is 25.3 Å². The molecule has 3 rings (SSSR count). The average Bonchev–Trinajstić information content (AvgIpc) is 2.89. The molecule has 38 heavy (non-hydrogen) atoms. The number of pyridine rings is 1. The molecular formula is C25H36Cl3N5O5. The van der Waals surface area contributed by atoms with Crippen LogP contribution in [0.1, 0.15) is 39.6 Å². The highest BCUT2D eigenvalue weighted by Crippen LogP contribution is 2.25. The molecule has 1 aliphatic rings. The Morgan fingerprint density at radius 1 is 1.21 bits per heavy atom. The molecule has 2 atom stereocenters. The summed E-state index contributed by atoms with van der Waals surface area (Å²) in [4.78, 5) is 31.0. The molecular weight excluding hydrogens is 557 g/mol. The first kappa shape index (κ1) is 33.7. The van der Waals surface area contributed by atoms with Gasteiger partial charge in [0, 0.05) is 39.8 Å². The molecule has 4 N–H and O–H groups in total. The van der Waals surface area contributed by atoms with Gasteiger partial charge in [-0.1, -0.05) is 23.7 Å². The van der Waals surface area contributed by atoms with Crippen LogP contribution < -0.4 is 21.1 Å². The summed E-state index contributed by atoms with van der Waals surface area (Å²) in [6, 6.07) is 8.71. The van der Waals surface area contributed by atoms with Gasteiger partial charge in [0.05, 0.1) is 36.4 Å². The van der Waals surface area contributed by atoms with Crippen molar-refractivity contribution in [2.75, 3.05) is 52.7 Å². The van der Waals surface area contributed by atoms with E-state index in [1.807, 2.05) is 12.1 Å². The minimum atomic E-state index is -0.336. The second-order valence-electron chi connectivity index (χ2n) is 8.45. The van der Waals surface area contributed by atoms with Crippen molar-refractivity contribution in [3.63, 3.8) is 0 Å². The van der Waals surface area contributed by atoms with Gasteiger partial charge in [0.2, 0.25) is 5.88 Å². The lowest BCUT2D eigenvalue weighted by Gasteiger charge is -2.38. The third-order valence-electron chi connectivity index (χ3n) is 6.07. The Balaban J connectivity index is 0.00000361. The molecule has 13 heteroatoms. The van der Waals surface area contributed by atoms with E-state index in [2.05, 4.69) is 20.5 Å². The molecule has 0 saturated carbocycles. The topological polar surface area (TPSA) is 128 Å². The Morgan fingerprint density at radius 3 is 2.55 bits per heavy atom. The van der Waals surface area contributed by atoms with Gasteiger partial charge in [-0.2, -0.15) is 4.98 Å². The van der Waals surface area contributed by atoms with Crippen LogP contribution in [-0.2, 0) is 16.0 Å². The Kier molecular flexibility index (Phi) is 14.7. The van der Waals surface area contributed by atoms with Crippen molar-refractivity contribution in [1.29, 1.82) is 0 Å². The molecule has 1 fully saturated rings. The summed E-state index contributed by atoms with van der Waals surface area (Å²) in [5.74, 6) is -0.410. The molecule has 1 aliphatic heterocycles. The van der Waals surface area contributed by atoms with Gasteiger partial charge in [0.1, 0.15) is 11.4 Å².